The molecule has 0 aromatic carbocycles. The maximum absolute atomic E-state index is 6.21. The van der Waals surface area contributed by atoms with Gasteiger partial charge in [-0.3, -0.25) is 9.88 Å². The van der Waals surface area contributed by atoms with E-state index in [2.05, 4.69) is 29.9 Å². The van der Waals surface area contributed by atoms with E-state index in [9.17, 15) is 0 Å². The summed E-state index contributed by atoms with van der Waals surface area (Å²) >= 11 is 0. The standard InChI is InChI=1S/C14H23N3/c1-14(8-5-7-13(14)15)11-17(2)10-12-6-3-4-9-16-12/h3-4,6,9,13H,5,7-8,10-11,15H2,1-2H3. The molecule has 94 valence electrons. The van der Waals surface area contributed by atoms with Gasteiger partial charge in [0.25, 0.3) is 0 Å². The van der Waals surface area contributed by atoms with Crippen molar-refractivity contribution in [2.75, 3.05) is 13.6 Å². The minimum absolute atomic E-state index is 0.281. The Bertz CT molecular complexity index is 352. The molecule has 2 rings (SSSR count). The van der Waals surface area contributed by atoms with Crippen LogP contribution >= 0.6 is 0 Å². The number of hydrogen-bond acceptors (Lipinski definition) is 3. The maximum Gasteiger partial charge on any atom is 0.0543 e. The fourth-order valence-electron chi connectivity index (χ4n) is 2.90. The first-order chi connectivity index (χ1) is 8.10. The van der Waals surface area contributed by atoms with E-state index in [4.69, 9.17) is 5.73 Å². The van der Waals surface area contributed by atoms with Crippen molar-refractivity contribution in [1.82, 2.24) is 9.88 Å². The summed E-state index contributed by atoms with van der Waals surface area (Å²) in [5, 5.41) is 0. The Morgan fingerprint density at radius 2 is 2.35 bits per heavy atom. The molecule has 1 heterocycles. The average Bonchev–Trinajstić information content (AvgIpc) is 2.60. The third-order valence-electron chi connectivity index (χ3n) is 3.95. The highest BCUT2D eigenvalue weighted by atomic mass is 15.1. The molecule has 1 aromatic rings. The number of hydrogen-bond donors (Lipinski definition) is 1. The molecule has 3 nitrogen and oxygen atoms in total. The molecule has 0 aliphatic heterocycles. The molecule has 0 saturated heterocycles. The molecular formula is C14H23N3. The number of nitrogens with two attached hydrogens (primary N) is 1. The monoisotopic (exact) mass is 233 g/mol. The van der Waals surface area contributed by atoms with Gasteiger partial charge in [-0.05, 0) is 37.4 Å². The lowest BCUT2D eigenvalue weighted by molar-refractivity contribution is 0.172. The van der Waals surface area contributed by atoms with Gasteiger partial charge in [0.05, 0.1) is 5.69 Å². The van der Waals surface area contributed by atoms with Gasteiger partial charge in [-0.15, -0.1) is 0 Å². The zero-order valence-electron chi connectivity index (χ0n) is 10.9. The predicted molar refractivity (Wildman–Crippen MR) is 70.5 cm³/mol. The minimum atomic E-state index is 0.281. The molecule has 1 aromatic heterocycles. The first-order valence-electron chi connectivity index (χ1n) is 6.44. The highest BCUT2D eigenvalue weighted by molar-refractivity contribution is 5.03. The first-order valence-corrected chi connectivity index (χ1v) is 6.44. The summed E-state index contributed by atoms with van der Waals surface area (Å²) in [6.07, 6.45) is 5.55. The van der Waals surface area contributed by atoms with Crippen LogP contribution in [0.2, 0.25) is 0 Å². The van der Waals surface area contributed by atoms with E-state index in [0.717, 1.165) is 18.8 Å². The SMILES string of the molecule is CN(Cc1ccccn1)CC1(C)CCCC1N. The lowest BCUT2D eigenvalue weighted by Crippen LogP contribution is -2.42. The molecular weight excluding hydrogens is 210 g/mol. The molecule has 1 aliphatic carbocycles. The molecule has 2 N–H and O–H groups in total. The van der Waals surface area contributed by atoms with Crippen LogP contribution in [-0.2, 0) is 6.54 Å². The number of nitrogens with zero attached hydrogens (tertiary/aromatic N) is 2. The fraction of sp³-hybridized carbons (Fsp3) is 0.643. The Balaban J connectivity index is 1.91. The quantitative estimate of drug-likeness (QED) is 0.865. The van der Waals surface area contributed by atoms with E-state index in [1.165, 1.54) is 19.3 Å². The zero-order valence-corrected chi connectivity index (χ0v) is 10.9. The Kier molecular flexibility index (Phi) is 3.79. The molecule has 0 amide bonds. The molecule has 2 unspecified atom stereocenters. The van der Waals surface area contributed by atoms with Gasteiger partial charge in [0.1, 0.15) is 0 Å². The van der Waals surface area contributed by atoms with E-state index in [0.29, 0.717) is 6.04 Å². The van der Waals surface area contributed by atoms with Crippen LogP contribution in [0.25, 0.3) is 0 Å². The summed E-state index contributed by atoms with van der Waals surface area (Å²) in [5.74, 6) is 0. The van der Waals surface area contributed by atoms with Crippen LogP contribution in [0.15, 0.2) is 24.4 Å². The van der Waals surface area contributed by atoms with Crippen molar-refractivity contribution >= 4 is 0 Å². The topological polar surface area (TPSA) is 42.2 Å². The van der Waals surface area contributed by atoms with Crippen molar-refractivity contribution in [3.63, 3.8) is 0 Å². The zero-order chi connectivity index (χ0) is 12.3. The van der Waals surface area contributed by atoms with E-state index in [-0.39, 0.29) is 5.41 Å². The van der Waals surface area contributed by atoms with Crippen LogP contribution in [0.4, 0.5) is 0 Å². The van der Waals surface area contributed by atoms with Crippen LogP contribution in [0, 0.1) is 5.41 Å². The number of pyridine rings is 1. The number of aromatic nitrogens is 1. The van der Waals surface area contributed by atoms with Gasteiger partial charge in [0, 0.05) is 25.3 Å². The second kappa shape index (κ2) is 5.15. The van der Waals surface area contributed by atoms with Crippen molar-refractivity contribution in [3.05, 3.63) is 30.1 Å². The molecule has 1 aliphatic rings. The van der Waals surface area contributed by atoms with Gasteiger partial charge in [-0.2, -0.15) is 0 Å². The maximum atomic E-state index is 6.21. The predicted octanol–water partition coefficient (Wildman–Crippen LogP) is 2.03. The molecule has 17 heavy (non-hydrogen) atoms. The summed E-state index contributed by atoms with van der Waals surface area (Å²) in [6.45, 7) is 4.29. The van der Waals surface area contributed by atoms with Crippen LogP contribution in [-0.4, -0.2) is 29.5 Å². The van der Waals surface area contributed by atoms with Crippen LogP contribution in [0.1, 0.15) is 31.9 Å². The van der Waals surface area contributed by atoms with Crippen LogP contribution in [0.3, 0.4) is 0 Å². The lowest BCUT2D eigenvalue weighted by atomic mass is 9.84. The second-order valence-corrected chi connectivity index (χ2v) is 5.65. The van der Waals surface area contributed by atoms with Gasteiger partial charge < -0.3 is 5.73 Å². The lowest BCUT2D eigenvalue weighted by Gasteiger charge is -2.33. The van der Waals surface area contributed by atoms with E-state index in [1.807, 2.05) is 18.3 Å². The fourth-order valence-corrected chi connectivity index (χ4v) is 2.90. The first kappa shape index (κ1) is 12.5. The van der Waals surface area contributed by atoms with Crippen molar-refractivity contribution < 1.29 is 0 Å². The molecule has 2 atom stereocenters. The highest BCUT2D eigenvalue weighted by Gasteiger charge is 2.36. The Hall–Kier alpha value is -0.930. The third kappa shape index (κ3) is 3.05. The molecule has 0 bridgehead atoms. The number of rotatable bonds is 4. The molecule has 1 saturated carbocycles. The second-order valence-electron chi connectivity index (χ2n) is 5.65. The Morgan fingerprint density at radius 1 is 1.53 bits per heavy atom. The summed E-state index contributed by atoms with van der Waals surface area (Å²) in [7, 11) is 2.16. The molecule has 3 heteroatoms. The van der Waals surface area contributed by atoms with Gasteiger partial charge in [-0.1, -0.05) is 19.4 Å². The van der Waals surface area contributed by atoms with Crippen LogP contribution < -0.4 is 5.73 Å². The van der Waals surface area contributed by atoms with Gasteiger partial charge >= 0.3 is 0 Å². The van der Waals surface area contributed by atoms with Crippen molar-refractivity contribution in [1.29, 1.82) is 0 Å². The highest BCUT2D eigenvalue weighted by Crippen LogP contribution is 2.37. The van der Waals surface area contributed by atoms with Crippen molar-refractivity contribution in [2.45, 2.75) is 38.8 Å². The summed E-state index contributed by atoms with van der Waals surface area (Å²) in [6, 6.07) is 6.43. The Labute approximate surface area is 104 Å². The third-order valence-corrected chi connectivity index (χ3v) is 3.95. The largest absolute Gasteiger partial charge is 0.327 e. The normalized spacial score (nSPS) is 28.8. The summed E-state index contributed by atoms with van der Waals surface area (Å²) < 4.78 is 0. The van der Waals surface area contributed by atoms with Crippen molar-refractivity contribution in [2.24, 2.45) is 11.1 Å². The smallest absolute Gasteiger partial charge is 0.0543 e. The molecule has 1 fully saturated rings. The van der Waals surface area contributed by atoms with Crippen LogP contribution in [0.5, 0.6) is 0 Å². The summed E-state index contributed by atoms with van der Waals surface area (Å²) in [5.41, 5.74) is 7.62. The minimum Gasteiger partial charge on any atom is -0.327 e. The van der Waals surface area contributed by atoms with E-state index < -0.39 is 0 Å². The Morgan fingerprint density at radius 3 is 2.94 bits per heavy atom. The molecule has 0 spiro atoms. The summed E-state index contributed by atoms with van der Waals surface area (Å²) in [4.78, 5) is 6.70. The van der Waals surface area contributed by atoms with Crippen molar-refractivity contribution in [3.8, 4) is 0 Å². The van der Waals surface area contributed by atoms with Gasteiger partial charge in [0.15, 0.2) is 0 Å². The van der Waals surface area contributed by atoms with Gasteiger partial charge in [-0.25, -0.2) is 0 Å². The average molecular weight is 233 g/mol. The molecule has 0 radical (unpaired) electrons. The van der Waals surface area contributed by atoms with E-state index >= 15 is 0 Å². The van der Waals surface area contributed by atoms with E-state index in [1.54, 1.807) is 0 Å². The van der Waals surface area contributed by atoms with Gasteiger partial charge in [0.2, 0.25) is 0 Å².